The van der Waals surface area contributed by atoms with Crippen molar-refractivity contribution in [3.8, 4) is 0 Å². The van der Waals surface area contributed by atoms with Crippen LogP contribution >= 0.6 is 0 Å². The lowest BCUT2D eigenvalue weighted by atomic mass is 9.90. The molecule has 4 N–H and O–H groups in total. The molecule has 0 heterocycles. The van der Waals surface area contributed by atoms with E-state index in [0.29, 0.717) is 12.5 Å². The van der Waals surface area contributed by atoms with Crippen molar-refractivity contribution >= 4 is 11.6 Å². The van der Waals surface area contributed by atoms with Crippen molar-refractivity contribution in [3.63, 3.8) is 0 Å². The number of anilines is 1. The SMILES string of the molecule is CC(CO)CN=C(N)Nc1cccc2c1CCCC2. The molecule has 0 spiro atoms. The molecule has 1 atom stereocenters. The smallest absolute Gasteiger partial charge is 0.193 e. The van der Waals surface area contributed by atoms with E-state index in [0.717, 1.165) is 18.5 Å². The summed E-state index contributed by atoms with van der Waals surface area (Å²) in [5, 5.41) is 12.2. The second-order valence-electron chi connectivity index (χ2n) is 5.29. The standard InChI is InChI=1S/C15H23N3O/c1-11(10-19)9-17-15(16)18-14-8-4-6-12-5-2-3-7-13(12)14/h4,6,8,11,19H,2-3,5,7,9-10H2,1H3,(H3,16,17,18). The van der Waals surface area contributed by atoms with Crippen molar-refractivity contribution in [2.45, 2.75) is 32.6 Å². The van der Waals surface area contributed by atoms with Gasteiger partial charge in [0.1, 0.15) is 0 Å². The zero-order valence-corrected chi connectivity index (χ0v) is 11.5. The van der Waals surface area contributed by atoms with Gasteiger partial charge in [0.15, 0.2) is 5.96 Å². The predicted molar refractivity (Wildman–Crippen MR) is 79.4 cm³/mol. The molecule has 0 fully saturated rings. The minimum absolute atomic E-state index is 0.136. The van der Waals surface area contributed by atoms with Crippen LogP contribution in [-0.4, -0.2) is 24.2 Å². The second-order valence-corrected chi connectivity index (χ2v) is 5.29. The first kappa shape index (κ1) is 13.9. The Bertz CT molecular complexity index is 457. The second kappa shape index (κ2) is 6.57. The number of fused-ring (bicyclic) bond motifs is 1. The maximum Gasteiger partial charge on any atom is 0.193 e. The summed E-state index contributed by atoms with van der Waals surface area (Å²) in [6.07, 6.45) is 4.78. The molecule has 0 saturated heterocycles. The normalized spacial score (nSPS) is 16.8. The Morgan fingerprint density at radius 2 is 2.21 bits per heavy atom. The summed E-state index contributed by atoms with van der Waals surface area (Å²) in [4.78, 5) is 4.26. The summed E-state index contributed by atoms with van der Waals surface area (Å²) in [6, 6.07) is 6.32. The van der Waals surface area contributed by atoms with Crippen molar-refractivity contribution in [2.24, 2.45) is 16.6 Å². The average Bonchev–Trinajstić information content (AvgIpc) is 2.45. The average molecular weight is 261 g/mol. The molecule has 0 aliphatic heterocycles. The summed E-state index contributed by atoms with van der Waals surface area (Å²) >= 11 is 0. The van der Waals surface area contributed by atoms with E-state index in [1.165, 1.54) is 24.0 Å². The molecule has 0 amide bonds. The van der Waals surface area contributed by atoms with Crippen molar-refractivity contribution in [1.29, 1.82) is 0 Å². The molecule has 0 radical (unpaired) electrons. The maximum absolute atomic E-state index is 8.96. The van der Waals surface area contributed by atoms with E-state index in [1.807, 2.05) is 6.92 Å². The summed E-state index contributed by atoms with van der Waals surface area (Å²) < 4.78 is 0. The highest BCUT2D eigenvalue weighted by Gasteiger charge is 2.13. The van der Waals surface area contributed by atoms with E-state index in [2.05, 4.69) is 28.5 Å². The molecule has 1 aromatic carbocycles. The lowest BCUT2D eigenvalue weighted by molar-refractivity contribution is 0.242. The monoisotopic (exact) mass is 261 g/mol. The third-order valence-corrected chi connectivity index (χ3v) is 3.54. The molecule has 1 aliphatic carbocycles. The minimum atomic E-state index is 0.136. The van der Waals surface area contributed by atoms with E-state index in [-0.39, 0.29) is 12.5 Å². The van der Waals surface area contributed by atoms with Crippen LogP contribution in [0.3, 0.4) is 0 Å². The molecule has 4 nitrogen and oxygen atoms in total. The maximum atomic E-state index is 8.96. The van der Waals surface area contributed by atoms with Crippen LogP contribution in [-0.2, 0) is 12.8 Å². The Kier molecular flexibility index (Phi) is 4.80. The highest BCUT2D eigenvalue weighted by atomic mass is 16.3. The number of nitrogens with two attached hydrogens (primary N) is 1. The van der Waals surface area contributed by atoms with E-state index in [1.54, 1.807) is 0 Å². The van der Waals surface area contributed by atoms with Gasteiger partial charge in [-0.25, -0.2) is 0 Å². The fourth-order valence-electron chi connectivity index (χ4n) is 2.39. The van der Waals surface area contributed by atoms with Crippen LogP contribution < -0.4 is 11.1 Å². The van der Waals surface area contributed by atoms with Gasteiger partial charge in [-0.3, -0.25) is 4.99 Å². The number of aliphatic imine (C=N–C) groups is 1. The Labute approximate surface area is 114 Å². The lowest BCUT2D eigenvalue weighted by Gasteiger charge is -2.20. The molecule has 4 heteroatoms. The zero-order valence-electron chi connectivity index (χ0n) is 11.5. The van der Waals surface area contributed by atoms with Gasteiger partial charge in [-0.05, 0) is 48.8 Å². The quantitative estimate of drug-likeness (QED) is 0.573. The molecule has 1 aromatic rings. The van der Waals surface area contributed by atoms with Crippen LogP contribution in [0.15, 0.2) is 23.2 Å². The first-order valence-electron chi connectivity index (χ1n) is 6.99. The number of benzene rings is 1. The highest BCUT2D eigenvalue weighted by Crippen LogP contribution is 2.27. The number of guanidine groups is 1. The van der Waals surface area contributed by atoms with Gasteiger partial charge in [0, 0.05) is 18.8 Å². The van der Waals surface area contributed by atoms with E-state index >= 15 is 0 Å². The van der Waals surface area contributed by atoms with Crippen LogP contribution in [0.5, 0.6) is 0 Å². The van der Waals surface area contributed by atoms with Gasteiger partial charge in [0.05, 0.1) is 0 Å². The number of nitrogens with zero attached hydrogens (tertiary/aromatic N) is 1. The predicted octanol–water partition coefficient (Wildman–Crippen LogP) is 1.92. The van der Waals surface area contributed by atoms with Gasteiger partial charge in [-0.15, -0.1) is 0 Å². The van der Waals surface area contributed by atoms with Crippen molar-refractivity contribution in [2.75, 3.05) is 18.5 Å². The summed E-state index contributed by atoms with van der Waals surface area (Å²) in [5.74, 6) is 0.573. The fourth-order valence-corrected chi connectivity index (χ4v) is 2.39. The van der Waals surface area contributed by atoms with E-state index in [4.69, 9.17) is 10.8 Å². The minimum Gasteiger partial charge on any atom is -0.396 e. The van der Waals surface area contributed by atoms with Gasteiger partial charge in [-0.1, -0.05) is 19.1 Å². The Balaban J connectivity index is 2.06. The number of aryl methyl sites for hydroxylation is 1. The third kappa shape index (κ3) is 3.70. The zero-order chi connectivity index (χ0) is 13.7. The first-order valence-corrected chi connectivity index (χ1v) is 6.99. The van der Waals surface area contributed by atoms with Crippen LogP contribution in [0, 0.1) is 5.92 Å². The molecule has 2 rings (SSSR count). The number of hydrogen-bond acceptors (Lipinski definition) is 2. The highest BCUT2D eigenvalue weighted by molar-refractivity contribution is 5.93. The molecule has 104 valence electrons. The summed E-state index contributed by atoms with van der Waals surface area (Å²) in [6.45, 7) is 2.63. The van der Waals surface area contributed by atoms with Gasteiger partial charge in [0.2, 0.25) is 0 Å². The summed E-state index contributed by atoms with van der Waals surface area (Å²) in [5.41, 5.74) is 9.78. The molecule has 0 saturated carbocycles. The van der Waals surface area contributed by atoms with Gasteiger partial charge in [0.25, 0.3) is 0 Å². The van der Waals surface area contributed by atoms with Crippen LogP contribution in [0.2, 0.25) is 0 Å². The first-order chi connectivity index (χ1) is 9.20. The van der Waals surface area contributed by atoms with E-state index < -0.39 is 0 Å². The third-order valence-electron chi connectivity index (χ3n) is 3.54. The molecule has 0 aromatic heterocycles. The van der Waals surface area contributed by atoms with Crippen molar-refractivity contribution in [1.82, 2.24) is 0 Å². The molecule has 19 heavy (non-hydrogen) atoms. The number of aliphatic hydroxyl groups excluding tert-OH is 1. The molecular formula is C15H23N3O. The number of nitrogens with one attached hydrogen (secondary N) is 1. The van der Waals surface area contributed by atoms with Gasteiger partial charge in [-0.2, -0.15) is 0 Å². The lowest BCUT2D eigenvalue weighted by Crippen LogP contribution is -2.25. The number of aliphatic hydroxyl groups is 1. The Morgan fingerprint density at radius 1 is 1.42 bits per heavy atom. The van der Waals surface area contributed by atoms with E-state index in [9.17, 15) is 0 Å². The van der Waals surface area contributed by atoms with Crippen molar-refractivity contribution in [3.05, 3.63) is 29.3 Å². The topological polar surface area (TPSA) is 70.6 Å². The summed E-state index contributed by atoms with van der Waals surface area (Å²) in [7, 11) is 0. The molecular weight excluding hydrogens is 238 g/mol. The molecule has 1 unspecified atom stereocenters. The Morgan fingerprint density at radius 3 is 3.00 bits per heavy atom. The molecule has 0 bridgehead atoms. The Hall–Kier alpha value is -1.55. The van der Waals surface area contributed by atoms with Crippen LogP contribution in [0.25, 0.3) is 0 Å². The molecule has 1 aliphatic rings. The van der Waals surface area contributed by atoms with Crippen molar-refractivity contribution < 1.29 is 5.11 Å². The van der Waals surface area contributed by atoms with Crippen LogP contribution in [0.4, 0.5) is 5.69 Å². The number of hydrogen-bond donors (Lipinski definition) is 3. The van der Waals surface area contributed by atoms with Gasteiger partial charge >= 0.3 is 0 Å². The van der Waals surface area contributed by atoms with Gasteiger partial charge < -0.3 is 16.2 Å². The fraction of sp³-hybridized carbons (Fsp3) is 0.533. The number of rotatable bonds is 4. The largest absolute Gasteiger partial charge is 0.396 e. The van der Waals surface area contributed by atoms with Crippen LogP contribution in [0.1, 0.15) is 30.9 Å².